The van der Waals surface area contributed by atoms with Crippen LogP contribution in [0.3, 0.4) is 0 Å². The van der Waals surface area contributed by atoms with E-state index in [4.69, 9.17) is 0 Å². The molecule has 0 radical (unpaired) electrons. The molecule has 6 nitrogen and oxygen atoms in total. The third kappa shape index (κ3) is 4.56. The van der Waals surface area contributed by atoms with Gasteiger partial charge in [-0.25, -0.2) is 8.78 Å². The molecule has 35 heavy (non-hydrogen) atoms. The first-order valence-electron chi connectivity index (χ1n) is 11.2. The predicted octanol–water partition coefficient (Wildman–Crippen LogP) is 5.80. The molecule has 2 aromatic carbocycles. The highest BCUT2D eigenvalue weighted by Gasteiger charge is 2.45. The summed E-state index contributed by atoms with van der Waals surface area (Å²) in [5.74, 6) is -4.73. The Hall–Kier alpha value is -3.94. The number of hydrogen-bond acceptors (Lipinski definition) is 5. The number of anilines is 1. The van der Waals surface area contributed by atoms with Crippen molar-refractivity contribution in [1.82, 2.24) is 10.2 Å². The smallest absolute Gasteiger partial charge is 0.295 e. The van der Waals surface area contributed by atoms with Gasteiger partial charge in [-0.3, -0.25) is 14.5 Å². The monoisotopic (exact) mass is 477 g/mol. The minimum Gasteiger partial charge on any atom is -0.503 e. The molecular weight excluding hydrogens is 452 g/mol. The van der Waals surface area contributed by atoms with Crippen LogP contribution in [0.5, 0.6) is 0 Å². The van der Waals surface area contributed by atoms with Gasteiger partial charge in [-0.15, -0.1) is 5.10 Å². The van der Waals surface area contributed by atoms with E-state index in [2.05, 4.69) is 10.2 Å². The van der Waals surface area contributed by atoms with E-state index in [0.29, 0.717) is 16.8 Å². The van der Waals surface area contributed by atoms with Crippen LogP contribution in [0.15, 0.2) is 72.0 Å². The van der Waals surface area contributed by atoms with E-state index < -0.39 is 29.4 Å². The molecule has 0 spiro atoms. The molecule has 0 bridgehead atoms. The van der Waals surface area contributed by atoms with Crippen LogP contribution in [-0.4, -0.2) is 27.0 Å². The van der Waals surface area contributed by atoms with Gasteiger partial charge in [0.2, 0.25) is 0 Å². The topological polar surface area (TPSA) is 83.4 Å². The van der Waals surface area contributed by atoms with Crippen molar-refractivity contribution in [2.45, 2.75) is 45.6 Å². The first-order chi connectivity index (χ1) is 16.5. The van der Waals surface area contributed by atoms with Crippen LogP contribution < -0.4 is 4.90 Å². The van der Waals surface area contributed by atoms with Gasteiger partial charge in [-0.05, 0) is 36.1 Å². The number of ketones is 1. The maximum atomic E-state index is 13.8. The van der Waals surface area contributed by atoms with Crippen LogP contribution >= 0.6 is 0 Å². The molecule has 1 aliphatic heterocycles. The lowest BCUT2D eigenvalue weighted by Crippen LogP contribution is -2.32. The Morgan fingerprint density at radius 1 is 1.00 bits per heavy atom. The summed E-state index contributed by atoms with van der Waals surface area (Å²) in [5, 5.41) is 18.9. The summed E-state index contributed by atoms with van der Waals surface area (Å²) in [4.78, 5) is 27.9. The minimum atomic E-state index is -3.05. The van der Waals surface area contributed by atoms with Crippen LogP contribution in [0.1, 0.15) is 65.5 Å². The number of rotatable bonds is 6. The van der Waals surface area contributed by atoms with E-state index in [9.17, 15) is 23.5 Å². The van der Waals surface area contributed by atoms with E-state index in [0.717, 1.165) is 17.4 Å². The number of aliphatic hydroxyl groups excluding tert-OH is 1. The van der Waals surface area contributed by atoms with Gasteiger partial charge in [0.05, 0.1) is 17.3 Å². The summed E-state index contributed by atoms with van der Waals surface area (Å²) in [6.45, 7) is 6.58. The van der Waals surface area contributed by atoms with Crippen molar-refractivity contribution in [3.05, 3.63) is 99.9 Å². The first kappa shape index (κ1) is 24.2. The maximum absolute atomic E-state index is 13.8. The number of amides is 1. The Labute approximate surface area is 201 Å². The van der Waals surface area contributed by atoms with E-state index >= 15 is 0 Å². The van der Waals surface area contributed by atoms with Crippen LogP contribution in [0.2, 0.25) is 0 Å². The second-order valence-corrected chi connectivity index (χ2v) is 8.99. The highest BCUT2D eigenvalue weighted by atomic mass is 19.3. The molecule has 1 atom stereocenters. The number of nitrogens with zero attached hydrogens (tertiary/aromatic N) is 3. The largest absolute Gasteiger partial charge is 0.503 e. The second kappa shape index (κ2) is 9.02. The molecule has 0 saturated heterocycles. The average molecular weight is 478 g/mol. The third-order valence-electron chi connectivity index (χ3n) is 6.06. The molecule has 2 heterocycles. The zero-order valence-corrected chi connectivity index (χ0v) is 19.8. The van der Waals surface area contributed by atoms with Gasteiger partial charge >= 0.3 is 0 Å². The third-order valence-corrected chi connectivity index (χ3v) is 6.06. The van der Waals surface area contributed by atoms with Crippen molar-refractivity contribution >= 4 is 17.5 Å². The summed E-state index contributed by atoms with van der Waals surface area (Å²) in [7, 11) is 0. The average Bonchev–Trinajstić information content (AvgIpc) is 3.09. The number of aryl methyl sites for hydroxylation is 1. The number of alkyl halides is 2. The lowest BCUT2D eigenvalue weighted by Gasteiger charge is -2.26. The van der Waals surface area contributed by atoms with E-state index in [1.807, 2.05) is 26.0 Å². The zero-order chi connectivity index (χ0) is 25.5. The zero-order valence-electron chi connectivity index (χ0n) is 19.8. The van der Waals surface area contributed by atoms with Gasteiger partial charge in [0.1, 0.15) is 0 Å². The van der Waals surface area contributed by atoms with Crippen molar-refractivity contribution < 1.29 is 23.5 Å². The molecule has 0 fully saturated rings. The molecule has 0 aliphatic carbocycles. The molecular formula is C27H25F2N3O3. The summed E-state index contributed by atoms with van der Waals surface area (Å²) in [6, 6.07) is 14.4. The SMILES string of the molecule is Cc1ccc(N2C(=O)C(O)=C(C(=O)c3ccc(C(C)C)cc3)[C@H]2c2ccc(C(C)(F)F)cc2)nn1. The van der Waals surface area contributed by atoms with Gasteiger partial charge < -0.3 is 5.11 Å². The fourth-order valence-electron chi connectivity index (χ4n) is 4.04. The molecule has 8 heteroatoms. The van der Waals surface area contributed by atoms with Crippen LogP contribution in [-0.2, 0) is 10.7 Å². The lowest BCUT2D eigenvalue weighted by atomic mass is 9.91. The quantitative estimate of drug-likeness (QED) is 0.454. The standard InChI is InChI=1S/C27H25F2N3O3/c1-15(2)17-6-8-19(9-7-17)24(33)22-23(18-10-12-20(13-11-18)27(4,28)29)32(26(35)25(22)34)21-14-5-16(3)30-31-21/h5-15,23,34H,1-4H3/t23-/m1/s1. The van der Waals surface area contributed by atoms with Crippen molar-refractivity contribution in [3.63, 3.8) is 0 Å². The van der Waals surface area contributed by atoms with E-state index in [1.54, 1.807) is 31.2 Å². The van der Waals surface area contributed by atoms with Crippen molar-refractivity contribution in [2.24, 2.45) is 0 Å². The number of aliphatic hydroxyl groups is 1. The Balaban J connectivity index is 1.83. The van der Waals surface area contributed by atoms with Crippen molar-refractivity contribution in [2.75, 3.05) is 4.90 Å². The number of halogens is 2. The van der Waals surface area contributed by atoms with Crippen molar-refractivity contribution in [1.29, 1.82) is 0 Å². The molecule has 0 unspecified atom stereocenters. The molecule has 0 saturated carbocycles. The Morgan fingerprint density at radius 2 is 1.63 bits per heavy atom. The van der Waals surface area contributed by atoms with Crippen LogP contribution in [0.4, 0.5) is 14.6 Å². The maximum Gasteiger partial charge on any atom is 0.295 e. The number of carbonyl (C=O) groups is 2. The normalized spacial score (nSPS) is 16.4. The first-order valence-corrected chi connectivity index (χ1v) is 11.2. The Bertz CT molecular complexity index is 1290. The number of aromatic nitrogens is 2. The van der Waals surface area contributed by atoms with E-state index in [-0.39, 0.29) is 22.9 Å². The molecule has 4 rings (SSSR count). The van der Waals surface area contributed by atoms with Gasteiger partial charge in [0.15, 0.2) is 17.4 Å². The van der Waals surface area contributed by atoms with Gasteiger partial charge in [0, 0.05) is 18.1 Å². The predicted molar refractivity (Wildman–Crippen MR) is 128 cm³/mol. The number of carbonyl (C=O) groups excluding carboxylic acids is 2. The molecule has 1 aromatic heterocycles. The van der Waals surface area contributed by atoms with Gasteiger partial charge in [0.25, 0.3) is 11.8 Å². The summed E-state index contributed by atoms with van der Waals surface area (Å²) >= 11 is 0. The van der Waals surface area contributed by atoms with Crippen molar-refractivity contribution in [3.8, 4) is 0 Å². The fourth-order valence-corrected chi connectivity index (χ4v) is 4.04. The molecule has 1 aliphatic rings. The van der Waals surface area contributed by atoms with Gasteiger partial charge in [-0.1, -0.05) is 62.4 Å². The lowest BCUT2D eigenvalue weighted by molar-refractivity contribution is -0.117. The van der Waals surface area contributed by atoms with Crippen LogP contribution in [0.25, 0.3) is 0 Å². The fraction of sp³-hybridized carbons (Fsp3) is 0.259. The highest BCUT2D eigenvalue weighted by Crippen LogP contribution is 2.42. The minimum absolute atomic E-state index is 0.125. The van der Waals surface area contributed by atoms with Gasteiger partial charge in [-0.2, -0.15) is 5.10 Å². The molecule has 180 valence electrons. The number of benzene rings is 2. The highest BCUT2D eigenvalue weighted by molar-refractivity contribution is 6.20. The molecule has 1 amide bonds. The number of Topliss-reactive ketones (excluding diaryl/α,β-unsaturated/α-hetero) is 1. The second-order valence-electron chi connectivity index (χ2n) is 8.99. The molecule has 3 aromatic rings. The van der Waals surface area contributed by atoms with Crippen LogP contribution in [0, 0.1) is 6.92 Å². The summed E-state index contributed by atoms with van der Waals surface area (Å²) in [5.41, 5.74) is 1.96. The molecule has 1 N–H and O–H groups in total. The summed E-state index contributed by atoms with van der Waals surface area (Å²) in [6.07, 6.45) is 0. The number of hydrogen-bond donors (Lipinski definition) is 1. The van der Waals surface area contributed by atoms with E-state index in [1.165, 1.54) is 24.3 Å². The Morgan fingerprint density at radius 3 is 2.14 bits per heavy atom. The summed E-state index contributed by atoms with van der Waals surface area (Å²) < 4.78 is 27.6. The Kier molecular flexibility index (Phi) is 6.23.